The van der Waals surface area contributed by atoms with E-state index in [1.165, 1.54) is 23.1 Å². The van der Waals surface area contributed by atoms with Gasteiger partial charge in [-0.2, -0.15) is 0 Å². The minimum Gasteiger partial charge on any atom is -0.399 e. The van der Waals surface area contributed by atoms with Crippen molar-refractivity contribution in [1.29, 1.82) is 0 Å². The maximum Gasteiger partial charge on any atom is 0.0320 e. The van der Waals surface area contributed by atoms with Gasteiger partial charge in [-0.15, -0.1) is 0 Å². The fraction of sp³-hybridized carbons (Fsp3) is 0.385. The molecule has 1 aliphatic rings. The van der Waals surface area contributed by atoms with E-state index in [9.17, 15) is 0 Å². The third-order valence-corrected chi connectivity index (χ3v) is 3.02. The Morgan fingerprint density at radius 2 is 2.21 bits per heavy atom. The number of nitrogen functional groups attached to an aromatic ring is 1. The Kier molecular flexibility index (Phi) is 2.32. The van der Waals surface area contributed by atoms with Crippen LogP contribution >= 0.6 is 0 Å². The highest BCUT2D eigenvalue weighted by Crippen LogP contribution is 2.35. The third-order valence-electron chi connectivity index (χ3n) is 3.02. The largest absolute Gasteiger partial charge is 0.399 e. The zero-order valence-corrected chi connectivity index (χ0v) is 8.88. The van der Waals surface area contributed by atoms with Gasteiger partial charge in [0.05, 0.1) is 0 Å². The number of nitrogens with two attached hydrogens (primary N) is 1. The van der Waals surface area contributed by atoms with E-state index >= 15 is 0 Å². The van der Waals surface area contributed by atoms with Gasteiger partial charge in [0.1, 0.15) is 0 Å². The van der Waals surface area contributed by atoms with E-state index in [0.717, 1.165) is 12.1 Å². The predicted octanol–water partition coefficient (Wildman–Crippen LogP) is 3.57. The SMILES string of the molecule is CCC1=Cc2cc(N)ccc2C(C)C1. The summed E-state index contributed by atoms with van der Waals surface area (Å²) in [5.74, 6) is 0.644. The van der Waals surface area contributed by atoms with Crippen molar-refractivity contribution < 1.29 is 0 Å². The molecule has 1 heteroatoms. The zero-order chi connectivity index (χ0) is 10.1. The second-order valence-corrected chi connectivity index (χ2v) is 4.15. The topological polar surface area (TPSA) is 26.0 Å². The molecule has 1 aliphatic carbocycles. The summed E-state index contributed by atoms with van der Waals surface area (Å²) >= 11 is 0. The Balaban J connectivity index is 2.50. The van der Waals surface area contributed by atoms with Crippen LogP contribution < -0.4 is 5.73 Å². The average Bonchev–Trinajstić information content (AvgIpc) is 2.16. The molecule has 0 radical (unpaired) electrons. The summed E-state index contributed by atoms with van der Waals surface area (Å²) in [5, 5.41) is 0. The van der Waals surface area contributed by atoms with E-state index < -0.39 is 0 Å². The summed E-state index contributed by atoms with van der Waals surface area (Å²) < 4.78 is 0. The lowest BCUT2D eigenvalue weighted by molar-refractivity contribution is 0.723. The predicted molar refractivity (Wildman–Crippen MR) is 62.2 cm³/mol. The molecule has 1 nitrogen and oxygen atoms in total. The van der Waals surface area contributed by atoms with Gasteiger partial charge in [0.15, 0.2) is 0 Å². The van der Waals surface area contributed by atoms with Crippen molar-refractivity contribution >= 4 is 11.8 Å². The molecule has 0 amide bonds. The first-order valence-corrected chi connectivity index (χ1v) is 5.29. The van der Waals surface area contributed by atoms with E-state index in [0.29, 0.717) is 5.92 Å². The summed E-state index contributed by atoms with van der Waals surface area (Å²) in [5.41, 5.74) is 10.9. The number of allylic oxidation sites excluding steroid dienone is 1. The monoisotopic (exact) mass is 187 g/mol. The van der Waals surface area contributed by atoms with Gasteiger partial charge in [-0.05, 0) is 42.0 Å². The lowest BCUT2D eigenvalue weighted by atomic mass is 9.83. The van der Waals surface area contributed by atoms with Crippen LogP contribution in [-0.4, -0.2) is 0 Å². The van der Waals surface area contributed by atoms with Crippen molar-refractivity contribution in [2.24, 2.45) is 0 Å². The van der Waals surface area contributed by atoms with Gasteiger partial charge < -0.3 is 5.73 Å². The standard InChI is InChI=1S/C13H17N/c1-3-10-6-9(2)13-5-4-12(14)8-11(13)7-10/h4-5,7-9H,3,6,14H2,1-2H3. The van der Waals surface area contributed by atoms with Crippen molar-refractivity contribution in [2.45, 2.75) is 32.6 Å². The Hall–Kier alpha value is -1.24. The number of hydrogen-bond donors (Lipinski definition) is 1. The Morgan fingerprint density at radius 1 is 1.43 bits per heavy atom. The summed E-state index contributed by atoms with van der Waals surface area (Å²) in [6, 6.07) is 6.25. The van der Waals surface area contributed by atoms with Crippen LogP contribution in [0.4, 0.5) is 5.69 Å². The quantitative estimate of drug-likeness (QED) is 0.668. The Bertz CT molecular complexity index is 377. The Labute approximate surface area is 85.6 Å². The first-order chi connectivity index (χ1) is 6.70. The van der Waals surface area contributed by atoms with Crippen LogP contribution in [0.2, 0.25) is 0 Å². The lowest BCUT2D eigenvalue weighted by Crippen LogP contribution is -2.04. The highest BCUT2D eigenvalue weighted by Gasteiger charge is 2.16. The van der Waals surface area contributed by atoms with E-state index in [-0.39, 0.29) is 0 Å². The van der Waals surface area contributed by atoms with Gasteiger partial charge in [-0.1, -0.05) is 31.6 Å². The van der Waals surface area contributed by atoms with Crippen LogP contribution in [0.5, 0.6) is 0 Å². The fourth-order valence-corrected chi connectivity index (χ4v) is 2.20. The molecule has 74 valence electrons. The molecule has 0 saturated heterocycles. The molecule has 0 fully saturated rings. The first-order valence-electron chi connectivity index (χ1n) is 5.29. The van der Waals surface area contributed by atoms with Crippen molar-refractivity contribution in [3.63, 3.8) is 0 Å². The molecule has 0 aromatic heterocycles. The average molecular weight is 187 g/mol. The maximum absolute atomic E-state index is 5.78. The number of hydrogen-bond acceptors (Lipinski definition) is 1. The molecule has 0 saturated carbocycles. The highest BCUT2D eigenvalue weighted by molar-refractivity contribution is 5.64. The van der Waals surface area contributed by atoms with Crippen molar-refractivity contribution in [3.8, 4) is 0 Å². The molecule has 0 heterocycles. The summed E-state index contributed by atoms with van der Waals surface area (Å²) in [4.78, 5) is 0. The van der Waals surface area contributed by atoms with Gasteiger partial charge in [-0.25, -0.2) is 0 Å². The molecule has 0 bridgehead atoms. The first kappa shape index (κ1) is 9.32. The molecule has 1 aromatic rings. The van der Waals surface area contributed by atoms with Gasteiger partial charge in [0.25, 0.3) is 0 Å². The van der Waals surface area contributed by atoms with Crippen LogP contribution in [0.25, 0.3) is 6.08 Å². The van der Waals surface area contributed by atoms with E-state index in [4.69, 9.17) is 5.73 Å². The van der Waals surface area contributed by atoms with Gasteiger partial charge >= 0.3 is 0 Å². The van der Waals surface area contributed by atoms with Crippen LogP contribution in [0.1, 0.15) is 43.7 Å². The third kappa shape index (κ3) is 1.54. The summed E-state index contributed by atoms with van der Waals surface area (Å²) in [7, 11) is 0. The second kappa shape index (κ2) is 3.49. The van der Waals surface area contributed by atoms with Crippen LogP contribution in [0.15, 0.2) is 23.8 Å². The smallest absolute Gasteiger partial charge is 0.0320 e. The van der Waals surface area contributed by atoms with Crippen LogP contribution in [-0.2, 0) is 0 Å². The number of rotatable bonds is 1. The van der Waals surface area contributed by atoms with Gasteiger partial charge in [0.2, 0.25) is 0 Å². The molecule has 14 heavy (non-hydrogen) atoms. The molecule has 2 N–H and O–H groups in total. The van der Waals surface area contributed by atoms with Crippen molar-refractivity contribution in [1.82, 2.24) is 0 Å². The summed E-state index contributed by atoms with van der Waals surface area (Å²) in [6.45, 7) is 4.51. The molecular formula is C13H17N. The second-order valence-electron chi connectivity index (χ2n) is 4.15. The van der Waals surface area contributed by atoms with E-state index in [1.54, 1.807) is 0 Å². The minimum absolute atomic E-state index is 0.644. The van der Waals surface area contributed by atoms with Crippen LogP contribution in [0, 0.1) is 0 Å². The molecule has 1 atom stereocenters. The molecule has 0 aliphatic heterocycles. The molecule has 0 spiro atoms. The number of anilines is 1. The maximum atomic E-state index is 5.78. The molecular weight excluding hydrogens is 170 g/mol. The number of fused-ring (bicyclic) bond motifs is 1. The van der Waals surface area contributed by atoms with Crippen LogP contribution in [0.3, 0.4) is 0 Å². The van der Waals surface area contributed by atoms with E-state index in [2.05, 4.69) is 32.1 Å². The van der Waals surface area contributed by atoms with Crippen molar-refractivity contribution in [3.05, 3.63) is 34.9 Å². The zero-order valence-electron chi connectivity index (χ0n) is 8.88. The Morgan fingerprint density at radius 3 is 2.93 bits per heavy atom. The normalized spacial score (nSPS) is 20.1. The minimum atomic E-state index is 0.644. The lowest BCUT2D eigenvalue weighted by Gasteiger charge is -2.22. The van der Waals surface area contributed by atoms with E-state index in [1.807, 2.05) is 6.07 Å². The highest BCUT2D eigenvalue weighted by atomic mass is 14.5. The molecule has 1 unspecified atom stereocenters. The van der Waals surface area contributed by atoms with Gasteiger partial charge in [-0.3, -0.25) is 0 Å². The summed E-state index contributed by atoms with van der Waals surface area (Å²) in [6.07, 6.45) is 4.65. The number of benzene rings is 1. The fourth-order valence-electron chi connectivity index (χ4n) is 2.20. The van der Waals surface area contributed by atoms with Gasteiger partial charge in [0, 0.05) is 5.69 Å². The van der Waals surface area contributed by atoms with Crippen molar-refractivity contribution in [2.75, 3.05) is 5.73 Å². The molecule has 1 aromatic carbocycles. The molecule has 2 rings (SSSR count).